The Labute approximate surface area is 172 Å². The maximum Gasteiger partial charge on any atom is 0.257 e. The van der Waals surface area contributed by atoms with Gasteiger partial charge in [0.05, 0.1) is 7.11 Å². The minimum absolute atomic E-state index is 0.0513. The third-order valence-electron chi connectivity index (χ3n) is 4.52. The zero-order chi connectivity index (χ0) is 21.4. The molecule has 0 saturated heterocycles. The summed E-state index contributed by atoms with van der Waals surface area (Å²) in [6, 6.07) is 10.8. The molecule has 2 aromatic carbocycles. The van der Waals surface area contributed by atoms with Crippen LogP contribution in [0.5, 0.6) is 11.5 Å². The van der Waals surface area contributed by atoms with E-state index in [-0.39, 0.29) is 36.2 Å². The van der Waals surface area contributed by atoms with Gasteiger partial charge in [-0.2, -0.15) is 0 Å². The highest BCUT2D eigenvalue weighted by atomic mass is 32.2. The quantitative estimate of drug-likeness (QED) is 0.576. The van der Waals surface area contributed by atoms with Gasteiger partial charge in [0.25, 0.3) is 5.91 Å². The molecule has 0 aliphatic heterocycles. The molecule has 0 spiro atoms. The molecule has 0 unspecified atom stereocenters. The van der Waals surface area contributed by atoms with E-state index in [1.54, 1.807) is 12.1 Å². The van der Waals surface area contributed by atoms with E-state index >= 15 is 0 Å². The zero-order valence-corrected chi connectivity index (χ0v) is 18.1. The predicted octanol–water partition coefficient (Wildman–Crippen LogP) is 2.35. The molecule has 7 nitrogen and oxygen atoms in total. The van der Waals surface area contributed by atoms with E-state index in [1.165, 1.54) is 7.11 Å². The molecular formula is C21H28N2O5S. The number of nitrogens with one attached hydrogen (secondary N) is 2. The summed E-state index contributed by atoms with van der Waals surface area (Å²) in [5.41, 5.74) is 2.82. The molecule has 0 atom stereocenters. The summed E-state index contributed by atoms with van der Waals surface area (Å²) in [5.74, 6) is 0.638. The summed E-state index contributed by atoms with van der Waals surface area (Å²) in [5, 5.41) is 2.64. The number of sulfonamides is 1. The second-order valence-electron chi connectivity index (χ2n) is 6.59. The van der Waals surface area contributed by atoms with E-state index in [4.69, 9.17) is 9.47 Å². The van der Waals surface area contributed by atoms with Gasteiger partial charge in [0.2, 0.25) is 10.0 Å². The third-order valence-corrected chi connectivity index (χ3v) is 6.00. The summed E-state index contributed by atoms with van der Waals surface area (Å²) in [7, 11) is -2.33. The number of ether oxygens (including phenoxy) is 2. The molecule has 0 radical (unpaired) electrons. The van der Waals surface area contributed by atoms with Gasteiger partial charge in [-0.3, -0.25) is 4.79 Å². The van der Waals surface area contributed by atoms with Crippen molar-refractivity contribution in [2.75, 3.05) is 26.8 Å². The smallest absolute Gasteiger partial charge is 0.257 e. The van der Waals surface area contributed by atoms with Gasteiger partial charge in [-0.05, 0) is 55.2 Å². The molecule has 2 rings (SSSR count). The van der Waals surface area contributed by atoms with Crippen molar-refractivity contribution in [1.82, 2.24) is 10.0 Å². The highest BCUT2D eigenvalue weighted by Crippen LogP contribution is 2.27. The average Bonchev–Trinajstić information content (AvgIpc) is 2.71. The van der Waals surface area contributed by atoms with Crippen molar-refractivity contribution in [1.29, 1.82) is 0 Å². The fraction of sp³-hybridized carbons (Fsp3) is 0.381. The zero-order valence-electron chi connectivity index (χ0n) is 17.2. The number of carbonyl (C=O) groups is 1. The first kappa shape index (κ1) is 22.7. The Balaban J connectivity index is 1.85. The minimum atomic E-state index is -3.76. The molecule has 0 aliphatic rings. The van der Waals surface area contributed by atoms with Gasteiger partial charge in [-0.15, -0.1) is 0 Å². The molecule has 0 saturated carbocycles. The van der Waals surface area contributed by atoms with Crippen LogP contribution in [0.15, 0.2) is 41.3 Å². The molecule has 1 amide bonds. The van der Waals surface area contributed by atoms with Crippen LogP contribution in [-0.4, -0.2) is 41.1 Å². The van der Waals surface area contributed by atoms with Gasteiger partial charge in [-0.1, -0.05) is 25.1 Å². The molecule has 2 aromatic rings. The topological polar surface area (TPSA) is 93.7 Å². The first-order valence-electron chi connectivity index (χ1n) is 9.40. The van der Waals surface area contributed by atoms with E-state index in [0.29, 0.717) is 5.75 Å². The van der Waals surface area contributed by atoms with Crippen molar-refractivity contribution in [2.45, 2.75) is 32.1 Å². The number of hydrogen-bond acceptors (Lipinski definition) is 5. The van der Waals surface area contributed by atoms with Gasteiger partial charge in [0, 0.05) is 13.1 Å². The standard InChI is InChI=1S/C21H28N2O5S/c1-5-17-8-6-7-9-18(17)28-14-21(24)22-10-11-23-29(25,26)20-13-16(3)15(2)12-19(20)27-4/h6-9,12-13,23H,5,10-11,14H2,1-4H3,(H,22,24). The van der Waals surface area contributed by atoms with E-state index in [2.05, 4.69) is 10.0 Å². The number of amides is 1. The van der Waals surface area contributed by atoms with E-state index in [9.17, 15) is 13.2 Å². The number of benzene rings is 2. The first-order chi connectivity index (χ1) is 13.8. The lowest BCUT2D eigenvalue weighted by atomic mass is 10.1. The highest BCUT2D eigenvalue weighted by Gasteiger charge is 2.20. The number of para-hydroxylation sites is 1. The summed E-state index contributed by atoms with van der Waals surface area (Å²) in [6.45, 7) is 5.80. The lowest BCUT2D eigenvalue weighted by Gasteiger charge is -2.14. The maximum atomic E-state index is 12.6. The largest absolute Gasteiger partial charge is 0.495 e. The SMILES string of the molecule is CCc1ccccc1OCC(=O)NCCNS(=O)(=O)c1cc(C)c(C)cc1OC. The van der Waals surface area contributed by atoms with Crippen LogP contribution in [0.25, 0.3) is 0 Å². The molecule has 158 valence electrons. The molecule has 0 heterocycles. The molecule has 0 aromatic heterocycles. The summed E-state index contributed by atoms with van der Waals surface area (Å²) >= 11 is 0. The van der Waals surface area contributed by atoms with E-state index in [1.807, 2.05) is 45.0 Å². The molecule has 8 heteroatoms. The van der Waals surface area contributed by atoms with Crippen molar-refractivity contribution < 1.29 is 22.7 Å². The van der Waals surface area contributed by atoms with Crippen LogP contribution in [0, 0.1) is 13.8 Å². The fourth-order valence-electron chi connectivity index (χ4n) is 2.73. The summed E-state index contributed by atoms with van der Waals surface area (Å²) < 4.78 is 38.4. The van der Waals surface area contributed by atoms with Crippen molar-refractivity contribution in [3.05, 3.63) is 53.1 Å². The number of rotatable bonds is 10. The van der Waals surface area contributed by atoms with Gasteiger partial charge in [0.15, 0.2) is 6.61 Å². The van der Waals surface area contributed by atoms with Crippen LogP contribution in [-0.2, 0) is 21.2 Å². The van der Waals surface area contributed by atoms with Gasteiger partial charge in [0.1, 0.15) is 16.4 Å². The highest BCUT2D eigenvalue weighted by molar-refractivity contribution is 7.89. The van der Waals surface area contributed by atoms with Crippen LogP contribution in [0.4, 0.5) is 0 Å². The lowest BCUT2D eigenvalue weighted by molar-refractivity contribution is -0.123. The van der Waals surface area contributed by atoms with Gasteiger partial charge < -0.3 is 14.8 Å². The maximum absolute atomic E-state index is 12.6. The van der Waals surface area contributed by atoms with Crippen molar-refractivity contribution in [3.8, 4) is 11.5 Å². The average molecular weight is 421 g/mol. The molecule has 29 heavy (non-hydrogen) atoms. The Hall–Kier alpha value is -2.58. The summed E-state index contributed by atoms with van der Waals surface area (Å²) in [4.78, 5) is 12.0. The first-order valence-corrected chi connectivity index (χ1v) is 10.9. The lowest BCUT2D eigenvalue weighted by Crippen LogP contribution is -2.37. The number of hydrogen-bond donors (Lipinski definition) is 2. The Kier molecular flexibility index (Phi) is 8.04. The Bertz CT molecular complexity index is 958. The van der Waals surface area contributed by atoms with E-state index < -0.39 is 10.0 Å². The van der Waals surface area contributed by atoms with Crippen LogP contribution in [0.1, 0.15) is 23.6 Å². The predicted molar refractivity (Wildman–Crippen MR) is 112 cm³/mol. The summed E-state index contributed by atoms with van der Waals surface area (Å²) in [6.07, 6.45) is 0.807. The second kappa shape index (κ2) is 10.3. The minimum Gasteiger partial charge on any atom is -0.495 e. The van der Waals surface area contributed by atoms with Crippen molar-refractivity contribution >= 4 is 15.9 Å². The molecule has 0 bridgehead atoms. The van der Waals surface area contributed by atoms with Crippen LogP contribution in [0.3, 0.4) is 0 Å². The van der Waals surface area contributed by atoms with Crippen molar-refractivity contribution in [3.63, 3.8) is 0 Å². The second-order valence-corrected chi connectivity index (χ2v) is 8.32. The Morgan fingerprint density at radius 2 is 1.72 bits per heavy atom. The molecular weight excluding hydrogens is 392 g/mol. The third kappa shape index (κ3) is 6.20. The Morgan fingerprint density at radius 1 is 1.03 bits per heavy atom. The monoisotopic (exact) mass is 420 g/mol. The van der Waals surface area contributed by atoms with Crippen LogP contribution < -0.4 is 19.5 Å². The normalized spacial score (nSPS) is 11.2. The van der Waals surface area contributed by atoms with Gasteiger partial charge >= 0.3 is 0 Å². The number of aryl methyl sites for hydroxylation is 3. The number of carbonyl (C=O) groups excluding carboxylic acids is 1. The number of methoxy groups -OCH3 is 1. The molecule has 2 N–H and O–H groups in total. The van der Waals surface area contributed by atoms with Gasteiger partial charge in [-0.25, -0.2) is 13.1 Å². The van der Waals surface area contributed by atoms with Crippen LogP contribution in [0.2, 0.25) is 0 Å². The fourth-order valence-corrected chi connectivity index (χ4v) is 3.99. The van der Waals surface area contributed by atoms with Crippen molar-refractivity contribution in [2.24, 2.45) is 0 Å². The Morgan fingerprint density at radius 3 is 2.41 bits per heavy atom. The molecule has 0 aliphatic carbocycles. The van der Waals surface area contributed by atoms with Crippen LogP contribution >= 0.6 is 0 Å². The molecule has 0 fully saturated rings. The van der Waals surface area contributed by atoms with E-state index in [0.717, 1.165) is 23.1 Å².